The summed E-state index contributed by atoms with van der Waals surface area (Å²) in [5.41, 5.74) is 0.494. The van der Waals surface area contributed by atoms with E-state index in [-0.39, 0.29) is 5.91 Å². The standard InChI is InChI=1S/C14H21N3O/c1-2-12(17-9-5-6-10-17)11-16-14(18)13-7-3-4-8-15-13/h3-4,7-8,12H,2,5-6,9-11H2,1H3,(H,16,18). The summed E-state index contributed by atoms with van der Waals surface area (Å²) < 4.78 is 0. The number of pyridine rings is 1. The lowest BCUT2D eigenvalue weighted by Crippen LogP contribution is -2.42. The Hall–Kier alpha value is -1.42. The number of amides is 1. The average Bonchev–Trinajstić information content (AvgIpc) is 2.94. The number of hydrogen-bond donors (Lipinski definition) is 1. The van der Waals surface area contributed by atoms with E-state index in [2.05, 4.69) is 22.1 Å². The van der Waals surface area contributed by atoms with Gasteiger partial charge in [0.15, 0.2) is 0 Å². The number of aromatic nitrogens is 1. The molecule has 1 saturated heterocycles. The highest BCUT2D eigenvalue weighted by molar-refractivity contribution is 5.92. The monoisotopic (exact) mass is 247 g/mol. The minimum atomic E-state index is -0.0757. The van der Waals surface area contributed by atoms with Crippen molar-refractivity contribution in [2.24, 2.45) is 0 Å². The first kappa shape index (κ1) is 13.0. The maximum atomic E-state index is 11.9. The smallest absolute Gasteiger partial charge is 0.269 e. The van der Waals surface area contributed by atoms with Crippen LogP contribution in [0.2, 0.25) is 0 Å². The zero-order chi connectivity index (χ0) is 12.8. The molecule has 98 valence electrons. The summed E-state index contributed by atoms with van der Waals surface area (Å²) in [6.07, 6.45) is 5.28. The van der Waals surface area contributed by atoms with Crippen LogP contribution in [0, 0.1) is 0 Å². The van der Waals surface area contributed by atoms with E-state index in [0.29, 0.717) is 18.3 Å². The first-order valence-electron chi connectivity index (χ1n) is 6.74. The first-order chi connectivity index (χ1) is 8.81. The molecule has 1 N–H and O–H groups in total. The quantitative estimate of drug-likeness (QED) is 0.861. The minimum Gasteiger partial charge on any atom is -0.349 e. The second kappa shape index (κ2) is 6.50. The van der Waals surface area contributed by atoms with Gasteiger partial charge in [-0.15, -0.1) is 0 Å². The van der Waals surface area contributed by atoms with Crippen molar-refractivity contribution < 1.29 is 4.79 Å². The van der Waals surface area contributed by atoms with Gasteiger partial charge in [0, 0.05) is 18.8 Å². The molecule has 0 aromatic carbocycles. The molecular weight excluding hydrogens is 226 g/mol. The number of carbonyl (C=O) groups excluding carboxylic acids is 1. The number of likely N-dealkylation sites (tertiary alicyclic amines) is 1. The molecule has 1 aliphatic rings. The lowest BCUT2D eigenvalue weighted by atomic mass is 10.2. The van der Waals surface area contributed by atoms with Gasteiger partial charge in [-0.3, -0.25) is 14.7 Å². The normalized spacial score (nSPS) is 17.6. The molecule has 0 spiro atoms. The SMILES string of the molecule is CCC(CNC(=O)c1ccccn1)N1CCCC1. The molecule has 1 aromatic rings. The second-order valence-electron chi connectivity index (χ2n) is 4.73. The maximum Gasteiger partial charge on any atom is 0.269 e. The Morgan fingerprint density at radius 3 is 2.83 bits per heavy atom. The Labute approximate surface area is 108 Å². The van der Waals surface area contributed by atoms with Crippen molar-refractivity contribution in [2.45, 2.75) is 32.2 Å². The van der Waals surface area contributed by atoms with Gasteiger partial charge in [-0.1, -0.05) is 13.0 Å². The molecular formula is C14H21N3O. The third-order valence-corrected chi connectivity index (χ3v) is 3.52. The van der Waals surface area contributed by atoms with Crippen LogP contribution < -0.4 is 5.32 Å². The van der Waals surface area contributed by atoms with Crippen molar-refractivity contribution in [3.63, 3.8) is 0 Å². The fourth-order valence-corrected chi connectivity index (χ4v) is 2.44. The van der Waals surface area contributed by atoms with Crippen LogP contribution in [0.5, 0.6) is 0 Å². The van der Waals surface area contributed by atoms with E-state index >= 15 is 0 Å². The summed E-state index contributed by atoms with van der Waals surface area (Å²) in [6.45, 7) is 5.22. The van der Waals surface area contributed by atoms with Crippen LogP contribution in [0.25, 0.3) is 0 Å². The summed E-state index contributed by atoms with van der Waals surface area (Å²) >= 11 is 0. The Balaban J connectivity index is 1.84. The highest BCUT2D eigenvalue weighted by atomic mass is 16.1. The topological polar surface area (TPSA) is 45.2 Å². The van der Waals surface area contributed by atoms with Crippen molar-refractivity contribution >= 4 is 5.91 Å². The highest BCUT2D eigenvalue weighted by Gasteiger charge is 2.20. The van der Waals surface area contributed by atoms with Gasteiger partial charge in [0.25, 0.3) is 5.91 Å². The fourth-order valence-electron chi connectivity index (χ4n) is 2.44. The molecule has 0 bridgehead atoms. The molecule has 1 aromatic heterocycles. The Kier molecular flexibility index (Phi) is 4.70. The minimum absolute atomic E-state index is 0.0757. The van der Waals surface area contributed by atoms with Crippen molar-refractivity contribution in [1.82, 2.24) is 15.2 Å². The van der Waals surface area contributed by atoms with Crippen molar-refractivity contribution in [3.8, 4) is 0 Å². The number of rotatable bonds is 5. The van der Waals surface area contributed by atoms with Crippen LogP contribution in [0.1, 0.15) is 36.7 Å². The van der Waals surface area contributed by atoms with Gasteiger partial charge in [0.05, 0.1) is 0 Å². The summed E-state index contributed by atoms with van der Waals surface area (Å²) in [5, 5.41) is 2.98. The number of hydrogen-bond acceptors (Lipinski definition) is 3. The zero-order valence-electron chi connectivity index (χ0n) is 10.9. The molecule has 1 atom stereocenters. The molecule has 1 fully saturated rings. The summed E-state index contributed by atoms with van der Waals surface area (Å²) in [7, 11) is 0. The van der Waals surface area contributed by atoms with E-state index in [1.54, 1.807) is 12.3 Å². The van der Waals surface area contributed by atoms with Gasteiger partial charge in [-0.2, -0.15) is 0 Å². The van der Waals surface area contributed by atoms with Gasteiger partial charge < -0.3 is 5.32 Å². The van der Waals surface area contributed by atoms with Crippen LogP contribution in [-0.2, 0) is 0 Å². The van der Waals surface area contributed by atoms with E-state index in [0.717, 1.165) is 19.5 Å². The van der Waals surface area contributed by atoms with Crippen molar-refractivity contribution in [3.05, 3.63) is 30.1 Å². The van der Waals surface area contributed by atoms with Crippen LogP contribution in [0.4, 0.5) is 0 Å². The van der Waals surface area contributed by atoms with E-state index in [4.69, 9.17) is 0 Å². The van der Waals surface area contributed by atoms with Gasteiger partial charge >= 0.3 is 0 Å². The summed E-state index contributed by atoms with van der Waals surface area (Å²) in [6, 6.07) is 5.85. The predicted molar refractivity (Wildman–Crippen MR) is 71.5 cm³/mol. The van der Waals surface area contributed by atoms with Crippen LogP contribution in [0.3, 0.4) is 0 Å². The average molecular weight is 247 g/mol. The number of nitrogens with one attached hydrogen (secondary N) is 1. The van der Waals surface area contributed by atoms with Crippen molar-refractivity contribution in [1.29, 1.82) is 0 Å². The molecule has 18 heavy (non-hydrogen) atoms. The summed E-state index contributed by atoms with van der Waals surface area (Å²) in [5.74, 6) is -0.0757. The van der Waals surface area contributed by atoms with Gasteiger partial charge in [0.1, 0.15) is 5.69 Å². The number of nitrogens with zero attached hydrogens (tertiary/aromatic N) is 2. The first-order valence-corrected chi connectivity index (χ1v) is 6.74. The molecule has 1 amide bonds. The number of carbonyl (C=O) groups is 1. The fraction of sp³-hybridized carbons (Fsp3) is 0.571. The maximum absolute atomic E-state index is 11.9. The molecule has 4 nitrogen and oxygen atoms in total. The van der Waals surface area contributed by atoms with Gasteiger partial charge in [-0.05, 0) is 44.5 Å². The Morgan fingerprint density at radius 1 is 1.44 bits per heavy atom. The van der Waals surface area contributed by atoms with Crippen LogP contribution in [0.15, 0.2) is 24.4 Å². The molecule has 1 aliphatic heterocycles. The molecule has 1 unspecified atom stereocenters. The second-order valence-corrected chi connectivity index (χ2v) is 4.73. The predicted octanol–water partition coefficient (Wildman–Crippen LogP) is 1.69. The molecule has 0 saturated carbocycles. The zero-order valence-corrected chi connectivity index (χ0v) is 10.9. The summed E-state index contributed by atoms with van der Waals surface area (Å²) in [4.78, 5) is 18.4. The van der Waals surface area contributed by atoms with E-state index in [9.17, 15) is 4.79 Å². The molecule has 4 heteroatoms. The third-order valence-electron chi connectivity index (χ3n) is 3.52. The molecule has 0 aliphatic carbocycles. The van der Waals surface area contributed by atoms with Crippen LogP contribution >= 0.6 is 0 Å². The van der Waals surface area contributed by atoms with E-state index in [1.165, 1.54) is 12.8 Å². The van der Waals surface area contributed by atoms with E-state index in [1.807, 2.05) is 12.1 Å². The molecule has 2 rings (SSSR count). The van der Waals surface area contributed by atoms with E-state index < -0.39 is 0 Å². The Bertz CT molecular complexity index is 374. The molecule has 2 heterocycles. The van der Waals surface area contributed by atoms with Gasteiger partial charge in [0.2, 0.25) is 0 Å². The van der Waals surface area contributed by atoms with Crippen molar-refractivity contribution in [2.75, 3.05) is 19.6 Å². The molecule has 0 radical (unpaired) electrons. The lowest BCUT2D eigenvalue weighted by molar-refractivity contribution is 0.0932. The van der Waals surface area contributed by atoms with Gasteiger partial charge in [-0.25, -0.2) is 0 Å². The highest BCUT2D eigenvalue weighted by Crippen LogP contribution is 2.13. The van der Waals surface area contributed by atoms with Crippen LogP contribution in [-0.4, -0.2) is 41.5 Å². The largest absolute Gasteiger partial charge is 0.349 e. The lowest BCUT2D eigenvalue weighted by Gasteiger charge is -2.26. The Morgan fingerprint density at radius 2 is 2.22 bits per heavy atom. The third kappa shape index (κ3) is 3.29.